The molecule has 0 aliphatic heterocycles. The quantitative estimate of drug-likeness (QED) is 0.307. The van der Waals surface area contributed by atoms with Crippen molar-refractivity contribution in [3.8, 4) is 11.5 Å². The standard InChI is InChI=1S/C21H18N4O6/c1-30-20-11-14(13-22-15-3-7-17(8-4-15)24(26)27)19(12-21(20)31-2)23-16-5-9-18(10-6-16)25(28)29/h3-13,23H,1-2H3/b22-13+. The molecule has 0 spiro atoms. The molecule has 10 heteroatoms. The number of nitro groups is 2. The Morgan fingerprint density at radius 2 is 1.35 bits per heavy atom. The number of ether oxygens (including phenoxy) is 2. The van der Waals surface area contributed by atoms with Gasteiger partial charge in [0.05, 0.1) is 35.4 Å². The number of nitro benzene ring substituents is 2. The zero-order chi connectivity index (χ0) is 22.4. The molecule has 0 aromatic heterocycles. The number of aliphatic imine (C=N–C) groups is 1. The third-order valence-corrected chi connectivity index (χ3v) is 4.33. The SMILES string of the molecule is COc1cc(/C=N/c2ccc([N+](=O)[O-])cc2)c(Nc2ccc([N+](=O)[O-])cc2)cc1OC. The van der Waals surface area contributed by atoms with Gasteiger partial charge >= 0.3 is 0 Å². The fourth-order valence-corrected chi connectivity index (χ4v) is 2.74. The minimum atomic E-state index is -0.478. The van der Waals surface area contributed by atoms with Crippen LogP contribution in [0.25, 0.3) is 0 Å². The maximum absolute atomic E-state index is 10.9. The third-order valence-electron chi connectivity index (χ3n) is 4.33. The van der Waals surface area contributed by atoms with Crippen LogP contribution in [0.1, 0.15) is 5.56 Å². The van der Waals surface area contributed by atoms with Crippen molar-refractivity contribution in [3.05, 3.63) is 86.5 Å². The zero-order valence-electron chi connectivity index (χ0n) is 16.6. The van der Waals surface area contributed by atoms with Gasteiger partial charge in [0.15, 0.2) is 11.5 Å². The van der Waals surface area contributed by atoms with E-state index in [-0.39, 0.29) is 11.4 Å². The van der Waals surface area contributed by atoms with Crippen LogP contribution in [0.3, 0.4) is 0 Å². The number of non-ortho nitro benzene ring substituents is 2. The van der Waals surface area contributed by atoms with Crippen molar-refractivity contribution in [2.45, 2.75) is 0 Å². The highest BCUT2D eigenvalue weighted by molar-refractivity contribution is 5.92. The van der Waals surface area contributed by atoms with E-state index in [0.29, 0.717) is 34.1 Å². The first-order valence-corrected chi connectivity index (χ1v) is 8.97. The first-order valence-electron chi connectivity index (χ1n) is 8.97. The van der Waals surface area contributed by atoms with Crippen molar-refractivity contribution in [1.29, 1.82) is 0 Å². The fraction of sp³-hybridized carbons (Fsp3) is 0.0952. The van der Waals surface area contributed by atoms with E-state index < -0.39 is 9.85 Å². The Labute approximate surface area is 177 Å². The number of anilines is 2. The van der Waals surface area contributed by atoms with Gasteiger partial charge in [-0.15, -0.1) is 0 Å². The monoisotopic (exact) mass is 422 g/mol. The maximum Gasteiger partial charge on any atom is 0.269 e. The molecule has 31 heavy (non-hydrogen) atoms. The number of benzene rings is 3. The molecule has 0 aliphatic rings. The number of nitrogens with zero attached hydrogens (tertiary/aromatic N) is 3. The fourth-order valence-electron chi connectivity index (χ4n) is 2.74. The lowest BCUT2D eigenvalue weighted by Crippen LogP contribution is -1.99. The minimum Gasteiger partial charge on any atom is -0.493 e. The van der Waals surface area contributed by atoms with Crippen molar-refractivity contribution in [1.82, 2.24) is 0 Å². The molecule has 3 rings (SSSR count). The molecule has 1 N–H and O–H groups in total. The van der Waals surface area contributed by atoms with Crippen LogP contribution in [-0.2, 0) is 0 Å². The Kier molecular flexibility index (Phi) is 6.41. The summed E-state index contributed by atoms with van der Waals surface area (Å²) in [5.41, 5.74) is 2.39. The van der Waals surface area contributed by atoms with E-state index in [1.165, 1.54) is 38.5 Å². The summed E-state index contributed by atoms with van der Waals surface area (Å²) in [6, 6.07) is 15.2. The second kappa shape index (κ2) is 9.35. The number of methoxy groups -OCH3 is 2. The van der Waals surface area contributed by atoms with Gasteiger partial charge in [-0.1, -0.05) is 0 Å². The topological polar surface area (TPSA) is 129 Å². The van der Waals surface area contributed by atoms with Gasteiger partial charge in [-0.3, -0.25) is 25.2 Å². The Hall–Kier alpha value is -4.47. The highest BCUT2D eigenvalue weighted by Gasteiger charge is 2.12. The molecular formula is C21H18N4O6. The summed E-state index contributed by atoms with van der Waals surface area (Å²) < 4.78 is 10.7. The summed E-state index contributed by atoms with van der Waals surface area (Å²) in [6.07, 6.45) is 1.58. The van der Waals surface area contributed by atoms with Gasteiger partial charge in [-0.05, 0) is 30.3 Å². The smallest absolute Gasteiger partial charge is 0.269 e. The van der Waals surface area contributed by atoms with E-state index in [1.807, 2.05) is 0 Å². The van der Waals surface area contributed by atoms with Gasteiger partial charge in [-0.25, -0.2) is 0 Å². The first kappa shape index (κ1) is 21.2. The number of rotatable bonds is 8. The Morgan fingerprint density at radius 1 is 0.839 bits per heavy atom. The van der Waals surface area contributed by atoms with Crippen LogP contribution in [0.15, 0.2) is 65.7 Å². The van der Waals surface area contributed by atoms with Crippen molar-refractivity contribution < 1.29 is 19.3 Å². The molecule has 0 radical (unpaired) electrons. The second-order valence-corrected chi connectivity index (χ2v) is 6.26. The lowest BCUT2D eigenvalue weighted by atomic mass is 10.1. The average molecular weight is 422 g/mol. The van der Waals surface area contributed by atoms with Gasteiger partial charge in [0, 0.05) is 47.8 Å². The van der Waals surface area contributed by atoms with Crippen molar-refractivity contribution in [2.24, 2.45) is 4.99 Å². The van der Waals surface area contributed by atoms with Crippen LogP contribution in [0, 0.1) is 20.2 Å². The maximum atomic E-state index is 10.9. The number of nitrogens with one attached hydrogen (secondary N) is 1. The molecule has 0 bridgehead atoms. The van der Waals surface area contributed by atoms with Crippen LogP contribution in [-0.4, -0.2) is 30.3 Å². The normalized spacial score (nSPS) is 10.6. The molecule has 0 amide bonds. The molecule has 0 aliphatic carbocycles. The van der Waals surface area contributed by atoms with Gasteiger partial charge in [0.25, 0.3) is 11.4 Å². The first-order chi connectivity index (χ1) is 14.9. The summed E-state index contributed by atoms with van der Waals surface area (Å²) in [4.78, 5) is 25.1. The Balaban J connectivity index is 1.95. The zero-order valence-corrected chi connectivity index (χ0v) is 16.6. The summed E-state index contributed by atoms with van der Waals surface area (Å²) in [5, 5.41) is 24.8. The molecule has 0 fully saturated rings. The molecule has 0 heterocycles. The van der Waals surface area contributed by atoms with Crippen molar-refractivity contribution >= 4 is 34.7 Å². The summed E-state index contributed by atoms with van der Waals surface area (Å²) in [7, 11) is 3.02. The van der Waals surface area contributed by atoms with E-state index in [2.05, 4.69) is 10.3 Å². The summed E-state index contributed by atoms with van der Waals surface area (Å²) in [5.74, 6) is 0.973. The lowest BCUT2D eigenvalue weighted by molar-refractivity contribution is -0.385. The highest BCUT2D eigenvalue weighted by Crippen LogP contribution is 2.34. The van der Waals surface area contributed by atoms with Gasteiger partial charge in [0.2, 0.25) is 0 Å². The lowest BCUT2D eigenvalue weighted by Gasteiger charge is -2.14. The summed E-state index contributed by atoms with van der Waals surface area (Å²) in [6.45, 7) is 0. The van der Waals surface area contributed by atoms with Crippen LogP contribution in [0.4, 0.5) is 28.4 Å². The van der Waals surface area contributed by atoms with E-state index >= 15 is 0 Å². The molecular weight excluding hydrogens is 404 g/mol. The van der Waals surface area contributed by atoms with Crippen LogP contribution in [0.2, 0.25) is 0 Å². The third kappa shape index (κ3) is 5.12. The Bertz CT molecular complexity index is 1130. The highest BCUT2D eigenvalue weighted by atomic mass is 16.6. The van der Waals surface area contributed by atoms with Crippen LogP contribution in [0.5, 0.6) is 11.5 Å². The van der Waals surface area contributed by atoms with E-state index in [4.69, 9.17) is 9.47 Å². The molecule has 0 unspecified atom stereocenters. The van der Waals surface area contributed by atoms with Gasteiger partial charge in [0.1, 0.15) is 0 Å². The Morgan fingerprint density at radius 3 is 1.87 bits per heavy atom. The van der Waals surface area contributed by atoms with E-state index in [9.17, 15) is 20.2 Å². The molecule has 158 valence electrons. The van der Waals surface area contributed by atoms with E-state index in [0.717, 1.165) is 0 Å². The molecule has 0 saturated carbocycles. The predicted molar refractivity (Wildman–Crippen MR) is 116 cm³/mol. The minimum absolute atomic E-state index is 0.0159. The van der Waals surface area contributed by atoms with Gasteiger partial charge < -0.3 is 14.8 Å². The summed E-state index contributed by atoms with van der Waals surface area (Å²) >= 11 is 0. The molecule has 0 saturated heterocycles. The number of hydrogen-bond donors (Lipinski definition) is 1. The van der Waals surface area contributed by atoms with Crippen molar-refractivity contribution in [2.75, 3.05) is 19.5 Å². The number of hydrogen-bond acceptors (Lipinski definition) is 8. The van der Waals surface area contributed by atoms with Crippen LogP contribution < -0.4 is 14.8 Å². The predicted octanol–water partition coefficient (Wildman–Crippen LogP) is 5.01. The second-order valence-electron chi connectivity index (χ2n) is 6.26. The molecule has 3 aromatic rings. The van der Waals surface area contributed by atoms with E-state index in [1.54, 1.807) is 42.6 Å². The molecule has 0 atom stereocenters. The molecule has 10 nitrogen and oxygen atoms in total. The molecule has 3 aromatic carbocycles. The van der Waals surface area contributed by atoms with Gasteiger partial charge in [-0.2, -0.15) is 0 Å². The largest absolute Gasteiger partial charge is 0.493 e. The van der Waals surface area contributed by atoms with Crippen LogP contribution >= 0.6 is 0 Å². The average Bonchev–Trinajstić information content (AvgIpc) is 2.78. The van der Waals surface area contributed by atoms with Crippen molar-refractivity contribution in [3.63, 3.8) is 0 Å².